The van der Waals surface area contributed by atoms with E-state index in [4.69, 9.17) is 10.5 Å². The number of hydrogen-bond donors (Lipinski definition) is 2. The number of nitrogens with two attached hydrogens (primary N) is 1. The molecule has 1 aliphatic heterocycles. The average Bonchev–Trinajstić information content (AvgIpc) is 2.87. The summed E-state index contributed by atoms with van der Waals surface area (Å²) in [5, 5.41) is 9.88. The van der Waals surface area contributed by atoms with Crippen molar-refractivity contribution in [3.63, 3.8) is 0 Å². The Hall–Kier alpha value is -1.75. The highest BCUT2D eigenvalue weighted by Crippen LogP contribution is 2.27. The molecule has 2 atom stereocenters. The molecule has 19 heavy (non-hydrogen) atoms. The third-order valence-corrected chi connectivity index (χ3v) is 3.69. The molecule has 2 unspecified atom stereocenters. The fraction of sp³-hybridized carbons (Fsp3) is 0.500. The number of phenols is 1. The monoisotopic (exact) mass is 264 g/mol. The number of methoxy groups -OCH3 is 1. The van der Waals surface area contributed by atoms with Crippen LogP contribution in [0.15, 0.2) is 18.2 Å². The molecule has 1 heterocycles. The van der Waals surface area contributed by atoms with Crippen LogP contribution in [0.25, 0.3) is 0 Å². The molecular weight excluding hydrogens is 244 g/mol. The van der Waals surface area contributed by atoms with E-state index in [0.29, 0.717) is 30.3 Å². The van der Waals surface area contributed by atoms with Crippen molar-refractivity contribution in [1.82, 2.24) is 4.90 Å². The SMILES string of the molecule is COc1ccc(C(=O)N2CCC(C(C)N)C2)c(O)c1. The van der Waals surface area contributed by atoms with Crippen molar-refractivity contribution in [2.75, 3.05) is 20.2 Å². The fourth-order valence-electron chi connectivity index (χ4n) is 2.39. The first kappa shape index (κ1) is 13.7. The van der Waals surface area contributed by atoms with Gasteiger partial charge in [0.25, 0.3) is 5.91 Å². The first-order chi connectivity index (χ1) is 9.02. The van der Waals surface area contributed by atoms with Crippen LogP contribution in [-0.4, -0.2) is 42.2 Å². The van der Waals surface area contributed by atoms with Gasteiger partial charge in [-0.1, -0.05) is 0 Å². The number of ether oxygens (including phenoxy) is 1. The molecule has 0 bridgehead atoms. The zero-order chi connectivity index (χ0) is 14.0. The molecule has 5 nitrogen and oxygen atoms in total. The van der Waals surface area contributed by atoms with E-state index in [0.717, 1.165) is 6.42 Å². The molecule has 0 saturated carbocycles. The second-order valence-electron chi connectivity index (χ2n) is 5.04. The molecule has 1 saturated heterocycles. The lowest BCUT2D eigenvalue weighted by atomic mass is 10.0. The number of carbonyl (C=O) groups is 1. The maximum atomic E-state index is 12.3. The van der Waals surface area contributed by atoms with Crippen LogP contribution in [0, 0.1) is 5.92 Å². The quantitative estimate of drug-likeness (QED) is 0.860. The predicted octanol–water partition coefficient (Wildman–Crippen LogP) is 1.21. The van der Waals surface area contributed by atoms with Crippen LogP contribution < -0.4 is 10.5 Å². The summed E-state index contributed by atoms with van der Waals surface area (Å²) in [6, 6.07) is 4.80. The molecule has 5 heteroatoms. The van der Waals surface area contributed by atoms with Crippen LogP contribution in [0.1, 0.15) is 23.7 Å². The van der Waals surface area contributed by atoms with Crippen LogP contribution in [0.3, 0.4) is 0 Å². The summed E-state index contributed by atoms with van der Waals surface area (Å²) < 4.78 is 5.00. The van der Waals surface area contributed by atoms with Crippen LogP contribution in [0.4, 0.5) is 0 Å². The van der Waals surface area contributed by atoms with Crippen LogP contribution in [-0.2, 0) is 0 Å². The number of aromatic hydroxyl groups is 1. The Labute approximate surface area is 113 Å². The summed E-state index contributed by atoms with van der Waals surface area (Å²) in [5.41, 5.74) is 6.17. The number of nitrogens with zero attached hydrogens (tertiary/aromatic N) is 1. The average molecular weight is 264 g/mol. The lowest BCUT2D eigenvalue weighted by molar-refractivity contribution is 0.0783. The number of carbonyl (C=O) groups excluding carboxylic acids is 1. The molecule has 3 N–H and O–H groups in total. The van der Waals surface area contributed by atoms with Gasteiger partial charge in [-0.25, -0.2) is 0 Å². The Morgan fingerprint density at radius 3 is 2.84 bits per heavy atom. The summed E-state index contributed by atoms with van der Waals surface area (Å²) in [5.74, 6) is 0.671. The first-order valence-electron chi connectivity index (χ1n) is 6.44. The molecule has 0 aromatic heterocycles. The van der Waals surface area contributed by atoms with Crippen molar-refractivity contribution in [1.29, 1.82) is 0 Å². The van der Waals surface area contributed by atoms with Crippen molar-refractivity contribution in [3.8, 4) is 11.5 Å². The number of phenolic OH excluding ortho intramolecular Hbond substituents is 1. The van der Waals surface area contributed by atoms with Gasteiger partial charge in [-0.15, -0.1) is 0 Å². The third-order valence-electron chi connectivity index (χ3n) is 3.69. The molecule has 0 spiro atoms. The lowest BCUT2D eigenvalue weighted by Crippen LogP contribution is -2.33. The van der Waals surface area contributed by atoms with Crippen molar-refractivity contribution in [2.24, 2.45) is 11.7 Å². The van der Waals surface area contributed by atoms with E-state index in [9.17, 15) is 9.90 Å². The van der Waals surface area contributed by atoms with Crippen molar-refractivity contribution >= 4 is 5.91 Å². The number of amides is 1. The minimum absolute atomic E-state index is 0.0476. The Bertz CT molecular complexity index is 474. The highest BCUT2D eigenvalue weighted by molar-refractivity contribution is 5.97. The molecule has 1 amide bonds. The van der Waals surface area contributed by atoms with Crippen LogP contribution >= 0.6 is 0 Å². The highest BCUT2D eigenvalue weighted by atomic mass is 16.5. The van der Waals surface area contributed by atoms with Gasteiger partial charge >= 0.3 is 0 Å². The molecule has 0 radical (unpaired) electrons. The summed E-state index contributed by atoms with van der Waals surface area (Å²) >= 11 is 0. The molecule has 104 valence electrons. The maximum absolute atomic E-state index is 12.3. The van der Waals surface area contributed by atoms with Gasteiger partial charge in [0.05, 0.1) is 12.7 Å². The van der Waals surface area contributed by atoms with E-state index in [1.165, 1.54) is 13.2 Å². The maximum Gasteiger partial charge on any atom is 0.257 e. The fourth-order valence-corrected chi connectivity index (χ4v) is 2.39. The standard InChI is InChI=1S/C14H20N2O3/c1-9(15)10-5-6-16(8-10)14(18)12-4-3-11(19-2)7-13(12)17/h3-4,7,9-10,17H,5-6,8,15H2,1-2H3. The number of likely N-dealkylation sites (tertiary alicyclic amines) is 1. The van der Waals surface area contributed by atoms with Crippen molar-refractivity contribution in [2.45, 2.75) is 19.4 Å². The number of hydrogen-bond acceptors (Lipinski definition) is 4. The molecule has 1 aromatic carbocycles. The largest absolute Gasteiger partial charge is 0.507 e. The number of rotatable bonds is 3. The van der Waals surface area contributed by atoms with Crippen LogP contribution in [0.2, 0.25) is 0 Å². The zero-order valence-corrected chi connectivity index (χ0v) is 11.3. The van der Waals surface area contributed by atoms with E-state index in [1.54, 1.807) is 17.0 Å². The summed E-state index contributed by atoms with van der Waals surface area (Å²) in [6.45, 7) is 3.31. The van der Waals surface area contributed by atoms with E-state index >= 15 is 0 Å². The van der Waals surface area contributed by atoms with Gasteiger partial charge in [0.15, 0.2) is 0 Å². The lowest BCUT2D eigenvalue weighted by Gasteiger charge is -2.18. The Morgan fingerprint density at radius 1 is 1.58 bits per heavy atom. The van der Waals surface area contributed by atoms with Gasteiger partial charge in [-0.05, 0) is 31.4 Å². The molecule has 1 aliphatic rings. The first-order valence-corrected chi connectivity index (χ1v) is 6.44. The van der Waals surface area contributed by atoms with Crippen molar-refractivity contribution in [3.05, 3.63) is 23.8 Å². The number of benzene rings is 1. The normalized spacial score (nSPS) is 20.4. The van der Waals surface area contributed by atoms with E-state index in [-0.39, 0.29) is 17.7 Å². The second kappa shape index (κ2) is 5.48. The Morgan fingerprint density at radius 2 is 2.32 bits per heavy atom. The van der Waals surface area contributed by atoms with Gasteiger partial charge < -0.3 is 20.5 Å². The molecule has 0 aliphatic carbocycles. The summed E-state index contributed by atoms with van der Waals surface area (Å²) in [7, 11) is 1.52. The predicted molar refractivity (Wildman–Crippen MR) is 72.3 cm³/mol. The van der Waals surface area contributed by atoms with E-state index in [2.05, 4.69) is 0 Å². The van der Waals surface area contributed by atoms with Crippen LogP contribution in [0.5, 0.6) is 11.5 Å². The second-order valence-corrected chi connectivity index (χ2v) is 5.04. The Balaban J connectivity index is 2.12. The van der Waals surface area contributed by atoms with Gasteiger partial charge in [0.2, 0.25) is 0 Å². The molecule has 1 fully saturated rings. The topological polar surface area (TPSA) is 75.8 Å². The van der Waals surface area contributed by atoms with Gasteiger partial charge in [-0.3, -0.25) is 4.79 Å². The minimum atomic E-state index is -0.150. The van der Waals surface area contributed by atoms with E-state index in [1.807, 2.05) is 6.92 Å². The minimum Gasteiger partial charge on any atom is -0.507 e. The zero-order valence-electron chi connectivity index (χ0n) is 11.3. The molecular formula is C14H20N2O3. The Kier molecular flexibility index (Phi) is 3.95. The summed E-state index contributed by atoms with van der Waals surface area (Å²) in [4.78, 5) is 14.1. The smallest absolute Gasteiger partial charge is 0.257 e. The summed E-state index contributed by atoms with van der Waals surface area (Å²) in [6.07, 6.45) is 0.917. The van der Waals surface area contributed by atoms with Gasteiger partial charge in [0, 0.05) is 25.2 Å². The molecule has 1 aromatic rings. The molecule has 2 rings (SSSR count). The van der Waals surface area contributed by atoms with E-state index < -0.39 is 0 Å². The third kappa shape index (κ3) is 2.81. The van der Waals surface area contributed by atoms with Crippen molar-refractivity contribution < 1.29 is 14.6 Å². The van der Waals surface area contributed by atoms with Gasteiger partial charge in [0.1, 0.15) is 11.5 Å². The highest BCUT2D eigenvalue weighted by Gasteiger charge is 2.29. The van der Waals surface area contributed by atoms with Gasteiger partial charge in [-0.2, -0.15) is 0 Å².